The third-order valence-electron chi connectivity index (χ3n) is 14.9. The molecule has 0 spiro atoms. The van der Waals surface area contributed by atoms with Crippen LogP contribution in [0.3, 0.4) is 0 Å². The Bertz CT molecular complexity index is 4040. The van der Waals surface area contributed by atoms with Crippen LogP contribution in [0.1, 0.15) is 22.3 Å². The minimum atomic E-state index is -0.571. The van der Waals surface area contributed by atoms with Gasteiger partial charge in [-0.1, -0.05) is 243 Å². The summed E-state index contributed by atoms with van der Waals surface area (Å²) >= 11 is 0. The standard InChI is InChI=1S/C67H42/c1-3-23-48(24-4-1)67(49-25-5-2-6-26-49)65-51-39-37-45(41-46(51)38-40-61(65)64-55-30-11-9-28-52(55)53-29-10-16-35-60(53)66(64)67)44-21-17-22-47(42-44)62-56-31-12-14-33-58(56)63(59-34-15-13-32-57(59)62)54-36-18-20-43-19-7-8-27-50(43)54/h1-42H. The molecule has 1 aliphatic rings. The second-order valence-electron chi connectivity index (χ2n) is 18.2. The second-order valence-corrected chi connectivity index (χ2v) is 18.2. The predicted octanol–water partition coefficient (Wildman–Crippen LogP) is 18.0. The maximum Gasteiger partial charge on any atom is 0.0725 e. The van der Waals surface area contributed by atoms with Crippen LogP contribution < -0.4 is 0 Å². The smallest absolute Gasteiger partial charge is 0.0622 e. The summed E-state index contributed by atoms with van der Waals surface area (Å²) in [5, 5.41) is 15.2. The minimum absolute atomic E-state index is 0.571. The first kappa shape index (κ1) is 37.8. The van der Waals surface area contributed by atoms with Gasteiger partial charge in [-0.25, -0.2) is 0 Å². The zero-order valence-electron chi connectivity index (χ0n) is 36.7. The quantitative estimate of drug-likeness (QED) is 0.120. The third-order valence-corrected chi connectivity index (χ3v) is 14.9. The average molecular weight is 847 g/mol. The van der Waals surface area contributed by atoms with E-state index < -0.39 is 5.41 Å². The number of benzene rings is 13. The van der Waals surface area contributed by atoms with E-state index in [2.05, 4.69) is 255 Å². The summed E-state index contributed by atoms with van der Waals surface area (Å²) in [5.74, 6) is 0. The zero-order chi connectivity index (χ0) is 44.1. The normalized spacial score (nSPS) is 12.9. The van der Waals surface area contributed by atoms with Crippen molar-refractivity contribution in [2.45, 2.75) is 5.41 Å². The first-order valence-corrected chi connectivity index (χ1v) is 23.4. The summed E-state index contributed by atoms with van der Waals surface area (Å²) < 4.78 is 0. The summed E-state index contributed by atoms with van der Waals surface area (Å²) in [6.07, 6.45) is 0. The van der Waals surface area contributed by atoms with E-state index in [1.54, 1.807) is 0 Å². The highest BCUT2D eigenvalue weighted by atomic mass is 14.5. The van der Waals surface area contributed by atoms with Gasteiger partial charge in [0.2, 0.25) is 0 Å². The Kier molecular flexibility index (Phi) is 8.30. The van der Waals surface area contributed by atoms with E-state index in [0.717, 1.165) is 0 Å². The van der Waals surface area contributed by atoms with Crippen molar-refractivity contribution in [3.05, 3.63) is 277 Å². The highest BCUT2D eigenvalue weighted by molar-refractivity contribution is 6.24. The third kappa shape index (κ3) is 5.42. The van der Waals surface area contributed by atoms with E-state index in [1.807, 2.05) is 0 Å². The van der Waals surface area contributed by atoms with Gasteiger partial charge in [0.25, 0.3) is 0 Å². The summed E-state index contributed by atoms with van der Waals surface area (Å²) in [6.45, 7) is 0. The molecule has 0 heteroatoms. The fraction of sp³-hybridized carbons (Fsp3) is 0.0149. The van der Waals surface area contributed by atoms with Gasteiger partial charge in [0.15, 0.2) is 0 Å². The molecule has 0 heterocycles. The van der Waals surface area contributed by atoms with Gasteiger partial charge in [-0.05, 0) is 144 Å². The molecule has 0 aromatic heterocycles. The Morgan fingerprint density at radius 1 is 0.209 bits per heavy atom. The van der Waals surface area contributed by atoms with Gasteiger partial charge in [0, 0.05) is 0 Å². The molecular formula is C67H42. The first-order chi connectivity index (χ1) is 33.3. The molecule has 310 valence electrons. The highest BCUT2D eigenvalue weighted by Gasteiger charge is 2.49. The van der Waals surface area contributed by atoms with Gasteiger partial charge in [0.05, 0.1) is 5.41 Å². The van der Waals surface area contributed by atoms with Crippen molar-refractivity contribution >= 4 is 64.6 Å². The first-order valence-electron chi connectivity index (χ1n) is 23.4. The monoisotopic (exact) mass is 846 g/mol. The van der Waals surface area contributed by atoms with Gasteiger partial charge >= 0.3 is 0 Å². The molecule has 1 aliphatic carbocycles. The Morgan fingerprint density at radius 3 is 1.34 bits per heavy atom. The average Bonchev–Trinajstić information content (AvgIpc) is 3.73. The van der Waals surface area contributed by atoms with Crippen LogP contribution in [0.5, 0.6) is 0 Å². The van der Waals surface area contributed by atoms with Crippen LogP contribution in [-0.4, -0.2) is 0 Å². The molecule has 0 atom stereocenters. The number of hydrogen-bond donors (Lipinski definition) is 0. The molecule has 0 unspecified atom stereocenters. The van der Waals surface area contributed by atoms with Crippen molar-refractivity contribution in [2.75, 3.05) is 0 Å². The summed E-state index contributed by atoms with van der Waals surface area (Å²) in [4.78, 5) is 0. The lowest BCUT2D eigenvalue weighted by Crippen LogP contribution is -2.29. The van der Waals surface area contributed by atoms with Crippen LogP contribution in [0.4, 0.5) is 0 Å². The maximum atomic E-state index is 2.43. The van der Waals surface area contributed by atoms with E-state index in [0.29, 0.717) is 0 Å². The molecule has 0 saturated heterocycles. The second kappa shape index (κ2) is 14.7. The predicted molar refractivity (Wildman–Crippen MR) is 285 cm³/mol. The molecule has 0 nitrogen and oxygen atoms in total. The Hall–Kier alpha value is -8.58. The highest BCUT2D eigenvalue weighted by Crippen LogP contribution is 2.62. The number of hydrogen-bond acceptors (Lipinski definition) is 0. The zero-order valence-corrected chi connectivity index (χ0v) is 36.7. The van der Waals surface area contributed by atoms with Crippen molar-refractivity contribution < 1.29 is 0 Å². The lowest BCUT2D eigenvalue weighted by atomic mass is 9.65. The van der Waals surface area contributed by atoms with Gasteiger partial charge in [-0.3, -0.25) is 0 Å². The van der Waals surface area contributed by atoms with Crippen molar-refractivity contribution in [1.82, 2.24) is 0 Å². The minimum Gasteiger partial charge on any atom is -0.0622 e. The molecule has 0 N–H and O–H groups in total. The van der Waals surface area contributed by atoms with Gasteiger partial charge < -0.3 is 0 Å². The van der Waals surface area contributed by atoms with E-state index in [-0.39, 0.29) is 0 Å². The molecule has 13 aromatic carbocycles. The molecule has 0 aliphatic heterocycles. The fourth-order valence-electron chi connectivity index (χ4n) is 12.2. The van der Waals surface area contributed by atoms with Crippen LogP contribution in [0.2, 0.25) is 0 Å². The molecule has 0 saturated carbocycles. The summed E-state index contributed by atoms with van der Waals surface area (Å²) in [7, 11) is 0. The summed E-state index contributed by atoms with van der Waals surface area (Å²) in [5.41, 5.74) is 14.8. The SMILES string of the molecule is c1ccc(C2(c3ccccc3)c3c(ccc4cc(-c5cccc(-c6c7ccccc7c(-c7cccc8ccccc78)c7ccccc67)c5)ccc34)-c3c2c2ccccc2c2ccccc32)cc1. The lowest BCUT2D eigenvalue weighted by molar-refractivity contribution is 0.783. The van der Waals surface area contributed by atoms with E-state index in [1.165, 1.54) is 131 Å². The van der Waals surface area contributed by atoms with Crippen LogP contribution in [-0.2, 0) is 5.41 Å². The van der Waals surface area contributed by atoms with Crippen LogP contribution >= 0.6 is 0 Å². The van der Waals surface area contributed by atoms with Crippen LogP contribution in [0, 0.1) is 0 Å². The Morgan fingerprint density at radius 2 is 0.687 bits per heavy atom. The largest absolute Gasteiger partial charge is 0.0725 e. The van der Waals surface area contributed by atoms with Crippen molar-refractivity contribution in [3.63, 3.8) is 0 Å². The van der Waals surface area contributed by atoms with Gasteiger partial charge in [0.1, 0.15) is 0 Å². The molecule has 14 rings (SSSR count). The van der Waals surface area contributed by atoms with Crippen molar-refractivity contribution in [1.29, 1.82) is 0 Å². The topological polar surface area (TPSA) is 0 Å². The fourth-order valence-corrected chi connectivity index (χ4v) is 12.2. The van der Waals surface area contributed by atoms with Crippen molar-refractivity contribution in [2.24, 2.45) is 0 Å². The van der Waals surface area contributed by atoms with E-state index in [9.17, 15) is 0 Å². The Balaban J connectivity index is 1.00. The molecule has 67 heavy (non-hydrogen) atoms. The Labute approximate surface area is 389 Å². The maximum absolute atomic E-state index is 2.43. The van der Waals surface area contributed by atoms with Gasteiger partial charge in [-0.15, -0.1) is 0 Å². The van der Waals surface area contributed by atoms with Crippen LogP contribution in [0.15, 0.2) is 255 Å². The molecule has 13 aromatic rings. The van der Waals surface area contributed by atoms with Crippen molar-refractivity contribution in [3.8, 4) is 44.5 Å². The van der Waals surface area contributed by atoms with E-state index >= 15 is 0 Å². The van der Waals surface area contributed by atoms with E-state index in [4.69, 9.17) is 0 Å². The molecule has 0 bridgehead atoms. The molecular weight excluding hydrogens is 805 g/mol. The summed E-state index contributed by atoms with van der Waals surface area (Å²) in [6, 6.07) is 95.2. The number of fused-ring (bicyclic) bond motifs is 13. The molecule has 0 fully saturated rings. The van der Waals surface area contributed by atoms with Gasteiger partial charge in [-0.2, -0.15) is 0 Å². The van der Waals surface area contributed by atoms with Crippen LogP contribution in [0.25, 0.3) is 109 Å². The molecule has 0 amide bonds. The molecule has 0 radical (unpaired) electrons. The lowest BCUT2D eigenvalue weighted by Gasteiger charge is -2.35. The number of rotatable bonds is 5.